The average molecular weight is 452 g/mol. The van der Waals surface area contributed by atoms with Crippen LogP contribution in [0.4, 0.5) is 5.69 Å². The van der Waals surface area contributed by atoms with Crippen molar-refractivity contribution in [1.82, 2.24) is 10.3 Å². The van der Waals surface area contributed by atoms with Gasteiger partial charge in [-0.05, 0) is 38.8 Å². The van der Waals surface area contributed by atoms with Gasteiger partial charge in [-0.25, -0.2) is 9.78 Å². The first-order chi connectivity index (χ1) is 15.2. The van der Waals surface area contributed by atoms with Crippen LogP contribution in [0.15, 0.2) is 41.8 Å². The lowest BCUT2D eigenvalue weighted by Crippen LogP contribution is -2.35. The molecule has 8 heteroatoms. The van der Waals surface area contributed by atoms with Gasteiger partial charge in [0.05, 0.1) is 6.54 Å². The van der Waals surface area contributed by atoms with Gasteiger partial charge >= 0.3 is 5.97 Å². The lowest BCUT2D eigenvalue weighted by atomic mass is 10.1. The van der Waals surface area contributed by atoms with Crippen molar-refractivity contribution in [3.05, 3.63) is 69.7 Å². The Labute approximate surface area is 190 Å². The summed E-state index contributed by atoms with van der Waals surface area (Å²) in [4.78, 5) is 40.6. The van der Waals surface area contributed by atoms with E-state index in [1.165, 1.54) is 11.3 Å². The highest BCUT2D eigenvalue weighted by atomic mass is 32.1. The fraction of sp³-hybridized carbons (Fsp3) is 0.250. The van der Waals surface area contributed by atoms with Gasteiger partial charge in [0, 0.05) is 16.6 Å². The lowest BCUT2D eigenvalue weighted by molar-refractivity contribution is -0.126. The normalized spacial score (nSPS) is 10.5. The van der Waals surface area contributed by atoms with Crippen molar-refractivity contribution in [3.8, 4) is 10.6 Å². The lowest BCUT2D eigenvalue weighted by Gasteiger charge is -2.13. The Kier molecular flexibility index (Phi) is 7.37. The molecule has 166 valence electrons. The zero-order chi connectivity index (χ0) is 23.3. The molecule has 2 aromatic carbocycles. The molecule has 32 heavy (non-hydrogen) atoms. The van der Waals surface area contributed by atoms with E-state index in [1.807, 2.05) is 64.1 Å². The number of thiazole rings is 1. The third-order valence-corrected chi connectivity index (χ3v) is 5.63. The number of hydrogen-bond donors (Lipinski definition) is 2. The van der Waals surface area contributed by atoms with Crippen molar-refractivity contribution in [2.45, 2.75) is 27.7 Å². The number of amides is 2. The number of hydrogen-bond acceptors (Lipinski definition) is 6. The Balaban J connectivity index is 1.46. The van der Waals surface area contributed by atoms with E-state index in [9.17, 15) is 14.4 Å². The van der Waals surface area contributed by atoms with Crippen LogP contribution in [0.2, 0.25) is 0 Å². The largest absolute Gasteiger partial charge is 0.451 e. The molecule has 3 rings (SSSR count). The van der Waals surface area contributed by atoms with Gasteiger partial charge in [-0.2, -0.15) is 0 Å². The third kappa shape index (κ3) is 6.01. The molecule has 0 saturated carbocycles. The molecule has 0 spiro atoms. The molecule has 0 aliphatic carbocycles. The maximum Gasteiger partial charge on any atom is 0.358 e. The van der Waals surface area contributed by atoms with Gasteiger partial charge in [-0.1, -0.05) is 47.5 Å². The highest BCUT2D eigenvalue weighted by Crippen LogP contribution is 2.24. The third-order valence-electron chi connectivity index (χ3n) is 4.73. The van der Waals surface area contributed by atoms with Gasteiger partial charge in [-0.15, -0.1) is 11.3 Å². The van der Waals surface area contributed by atoms with Crippen LogP contribution < -0.4 is 10.6 Å². The summed E-state index contributed by atoms with van der Waals surface area (Å²) in [5, 5.41) is 7.54. The second-order valence-electron chi connectivity index (χ2n) is 7.58. The molecule has 0 bridgehead atoms. The van der Waals surface area contributed by atoms with Crippen molar-refractivity contribution >= 4 is 34.8 Å². The minimum atomic E-state index is -0.690. The van der Waals surface area contributed by atoms with Crippen molar-refractivity contribution in [2.24, 2.45) is 0 Å². The van der Waals surface area contributed by atoms with Crippen LogP contribution in [0.25, 0.3) is 10.6 Å². The number of aromatic nitrogens is 1. The zero-order valence-electron chi connectivity index (χ0n) is 18.4. The summed E-state index contributed by atoms with van der Waals surface area (Å²) in [5.41, 5.74) is 5.92. The van der Waals surface area contributed by atoms with Crippen LogP contribution in [-0.2, 0) is 14.3 Å². The van der Waals surface area contributed by atoms with Crippen molar-refractivity contribution in [1.29, 1.82) is 0 Å². The Morgan fingerprint density at radius 2 is 1.59 bits per heavy atom. The van der Waals surface area contributed by atoms with E-state index in [2.05, 4.69) is 15.6 Å². The molecule has 2 amide bonds. The predicted molar refractivity (Wildman–Crippen MR) is 125 cm³/mol. The smallest absolute Gasteiger partial charge is 0.358 e. The molecule has 0 atom stereocenters. The van der Waals surface area contributed by atoms with E-state index >= 15 is 0 Å². The number of carbonyl (C=O) groups is 3. The molecule has 0 aliphatic rings. The Hall–Kier alpha value is -3.52. The molecule has 0 saturated heterocycles. The number of anilines is 1. The monoisotopic (exact) mass is 451 g/mol. The molecule has 0 fully saturated rings. The van der Waals surface area contributed by atoms with Gasteiger partial charge < -0.3 is 15.4 Å². The first-order valence-corrected chi connectivity index (χ1v) is 10.9. The molecule has 0 aliphatic heterocycles. The van der Waals surface area contributed by atoms with Crippen molar-refractivity contribution in [3.63, 3.8) is 0 Å². The van der Waals surface area contributed by atoms with Crippen LogP contribution in [0.1, 0.15) is 32.7 Å². The van der Waals surface area contributed by atoms with Gasteiger partial charge in [0.15, 0.2) is 12.3 Å². The molecular weight excluding hydrogens is 426 g/mol. The van der Waals surface area contributed by atoms with Crippen LogP contribution >= 0.6 is 11.3 Å². The molecule has 1 heterocycles. The number of esters is 1. The van der Waals surface area contributed by atoms with Crippen LogP contribution in [0.5, 0.6) is 0 Å². The Morgan fingerprint density at radius 1 is 0.938 bits per heavy atom. The number of carbonyl (C=O) groups excluding carboxylic acids is 3. The molecule has 2 N–H and O–H groups in total. The maximum absolute atomic E-state index is 12.2. The summed E-state index contributed by atoms with van der Waals surface area (Å²) in [6, 6.07) is 11.8. The van der Waals surface area contributed by atoms with Crippen molar-refractivity contribution < 1.29 is 19.1 Å². The van der Waals surface area contributed by atoms with E-state index < -0.39 is 18.5 Å². The number of rotatable bonds is 7. The first-order valence-electron chi connectivity index (χ1n) is 10.1. The van der Waals surface area contributed by atoms with Gasteiger partial charge in [0.2, 0.25) is 5.91 Å². The Bertz CT molecular complexity index is 1130. The van der Waals surface area contributed by atoms with Crippen LogP contribution in [0.3, 0.4) is 0 Å². The number of nitrogens with zero attached hydrogens (tertiary/aromatic N) is 1. The minimum Gasteiger partial charge on any atom is -0.451 e. The topological polar surface area (TPSA) is 97.4 Å². The second-order valence-corrected chi connectivity index (χ2v) is 8.44. The van der Waals surface area contributed by atoms with E-state index in [4.69, 9.17) is 4.74 Å². The summed E-state index contributed by atoms with van der Waals surface area (Å²) in [6.45, 7) is 7.09. The summed E-state index contributed by atoms with van der Waals surface area (Å²) in [5.74, 6) is -1.62. The molecule has 0 radical (unpaired) electrons. The highest BCUT2D eigenvalue weighted by molar-refractivity contribution is 7.13. The zero-order valence-corrected chi connectivity index (χ0v) is 19.3. The maximum atomic E-state index is 12.2. The van der Waals surface area contributed by atoms with E-state index in [1.54, 1.807) is 5.38 Å². The predicted octanol–water partition coefficient (Wildman–Crippen LogP) is 3.96. The summed E-state index contributed by atoms with van der Waals surface area (Å²) >= 11 is 1.32. The molecule has 3 aromatic rings. The fourth-order valence-electron chi connectivity index (χ4n) is 3.19. The number of nitrogens with one attached hydrogen (secondary N) is 2. The first kappa shape index (κ1) is 23.1. The van der Waals surface area contributed by atoms with Gasteiger partial charge in [-0.3, -0.25) is 9.59 Å². The number of aryl methyl sites for hydroxylation is 4. The SMILES string of the molecule is Cc1ccc(-c2nc(C(=O)OCC(=O)NCC(=O)Nc3c(C)cc(C)cc3C)cs2)cc1. The fourth-order valence-corrected chi connectivity index (χ4v) is 3.99. The van der Waals surface area contributed by atoms with Gasteiger partial charge in [0.25, 0.3) is 5.91 Å². The van der Waals surface area contributed by atoms with Crippen LogP contribution in [0, 0.1) is 27.7 Å². The van der Waals surface area contributed by atoms with Crippen molar-refractivity contribution in [2.75, 3.05) is 18.5 Å². The minimum absolute atomic E-state index is 0.140. The standard InChI is InChI=1S/C24H25N3O4S/c1-14-5-7-18(8-6-14)23-26-19(13-32-23)24(30)31-12-21(29)25-11-20(28)27-22-16(3)9-15(2)10-17(22)4/h5-10,13H,11-12H2,1-4H3,(H,25,29)(H,27,28). The van der Waals surface area contributed by atoms with Crippen LogP contribution in [-0.4, -0.2) is 35.9 Å². The number of benzene rings is 2. The van der Waals surface area contributed by atoms with E-state index in [0.717, 1.165) is 33.5 Å². The molecule has 1 aromatic heterocycles. The Morgan fingerprint density at radius 3 is 2.25 bits per heavy atom. The molecule has 7 nitrogen and oxygen atoms in total. The molecule has 0 unspecified atom stereocenters. The second kappa shape index (κ2) is 10.2. The van der Waals surface area contributed by atoms with Gasteiger partial charge in [0.1, 0.15) is 5.01 Å². The number of ether oxygens (including phenoxy) is 1. The average Bonchev–Trinajstić information content (AvgIpc) is 3.24. The summed E-state index contributed by atoms with van der Waals surface area (Å²) in [6.07, 6.45) is 0. The summed E-state index contributed by atoms with van der Waals surface area (Å²) < 4.78 is 5.02. The quantitative estimate of drug-likeness (QED) is 0.530. The van der Waals surface area contributed by atoms with E-state index in [0.29, 0.717) is 5.01 Å². The van der Waals surface area contributed by atoms with E-state index in [-0.39, 0.29) is 18.1 Å². The highest BCUT2D eigenvalue weighted by Gasteiger charge is 2.16. The summed E-state index contributed by atoms with van der Waals surface area (Å²) in [7, 11) is 0. The molecular formula is C24H25N3O4S.